The van der Waals surface area contributed by atoms with Crippen molar-refractivity contribution in [3.05, 3.63) is 20.4 Å². The normalized spacial score (nSPS) is 19.1. The zero-order valence-electron chi connectivity index (χ0n) is 11.8. The summed E-state index contributed by atoms with van der Waals surface area (Å²) in [6.45, 7) is 5.28. The van der Waals surface area contributed by atoms with Gasteiger partial charge in [0.15, 0.2) is 5.75 Å². The smallest absolute Gasteiger partial charge is 0.310 e. The lowest BCUT2D eigenvalue weighted by molar-refractivity contribution is -0.148. The highest BCUT2D eigenvalue weighted by Gasteiger charge is 2.33. The second-order valence-corrected chi connectivity index (χ2v) is 4.81. The fourth-order valence-electron chi connectivity index (χ4n) is 2.56. The van der Waals surface area contributed by atoms with Crippen molar-refractivity contribution in [3.63, 3.8) is 0 Å². The Morgan fingerprint density at radius 2 is 2.00 bits per heavy atom. The molecule has 1 heterocycles. The molecule has 1 aromatic rings. The average Bonchev–Trinajstić information content (AvgIpc) is 2.47. The molecule has 1 atom stereocenters. The topological polar surface area (TPSA) is 72.9 Å². The first-order chi connectivity index (χ1) is 9.60. The molecule has 1 aliphatic heterocycles. The van der Waals surface area contributed by atoms with Gasteiger partial charge in [0.2, 0.25) is 0 Å². The van der Waals surface area contributed by atoms with Crippen LogP contribution in [0.15, 0.2) is 9.59 Å². The lowest BCUT2D eigenvalue weighted by atomic mass is 9.97. The molecule has 0 saturated carbocycles. The highest BCUT2D eigenvalue weighted by molar-refractivity contribution is 5.74. The highest BCUT2D eigenvalue weighted by atomic mass is 16.5. The van der Waals surface area contributed by atoms with Crippen LogP contribution in [0, 0.1) is 5.92 Å². The molecule has 1 saturated heterocycles. The molecule has 20 heavy (non-hydrogen) atoms. The van der Waals surface area contributed by atoms with Crippen LogP contribution in [-0.4, -0.2) is 32.3 Å². The molecule has 0 bridgehead atoms. The molecule has 110 valence electrons. The van der Waals surface area contributed by atoms with E-state index in [0.717, 1.165) is 12.8 Å². The fourth-order valence-corrected chi connectivity index (χ4v) is 2.56. The van der Waals surface area contributed by atoms with Gasteiger partial charge in [-0.2, -0.15) is 0 Å². The second kappa shape index (κ2) is 6.07. The van der Waals surface area contributed by atoms with E-state index in [9.17, 15) is 14.4 Å². The maximum Gasteiger partial charge on any atom is 0.310 e. The quantitative estimate of drug-likeness (QED) is 0.577. The molecule has 0 aliphatic carbocycles. The van der Waals surface area contributed by atoms with E-state index in [1.807, 2.05) is 0 Å². The molecule has 2 rings (SSSR count). The van der Waals surface area contributed by atoms with Gasteiger partial charge in [0.1, 0.15) is 5.69 Å². The number of ether oxygens (including phenoxy) is 2. The standard InChI is InChI=1S/C14H19NO5/c1-3-19-13-10(11(16)12(13)17)15-7-5-6-9(8-15)14(18)20-4-2/h9H,3-8H2,1-2H3. The van der Waals surface area contributed by atoms with E-state index < -0.39 is 10.9 Å². The third-order valence-corrected chi connectivity index (χ3v) is 3.49. The summed E-state index contributed by atoms with van der Waals surface area (Å²) in [6.07, 6.45) is 1.53. The minimum atomic E-state index is -0.569. The van der Waals surface area contributed by atoms with Gasteiger partial charge in [0.25, 0.3) is 10.9 Å². The molecular weight excluding hydrogens is 262 g/mol. The maximum atomic E-state index is 11.8. The van der Waals surface area contributed by atoms with Gasteiger partial charge < -0.3 is 14.4 Å². The number of piperidine rings is 1. The molecule has 0 aromatic heterocycles. The molecule has 1 fully saturated rings. The van der Waals surface area contributed by atoms with E-state index in [2.05, 4.69) is 0 Å². The zero-order chi connectivity index (χ0) is 14.7. The molecule has 1 unspecified atom stereocenters. The van der Waals surface area contributed by atoms with Crippen LogP contribution in [0.4, 0.5) is 5.69 Å². The van der Waals surface area contributed by atoms with Crippen molar-refractivity contribution in [3.8, 4) is 5.75 Å². The van der Waals surface area contributed by atoms with Crippen molar-refractivity contribution in [2.24, 2.45) is 5.92 Å². The number of esters is 1. The van der Waals surface area contributed by atoms with Gasteiger partial charge in [-0.25, -0.2) is 0 Å². The van der Waals surface area contributed by atoms with E-state index in [0.29, 0.717) is 32.0 Å². The van der Waals surface area contributed by atoms with Crippen molar-refractivity contribution in [2.75, 3.05) is 31.2 Å². The van der Waals surface area contributed by atoms with Crippen LogP contribution in [0.1, 0.15) is 26.7 Å². The first-order valence-corrected chi connectivity index (χ1v) is 6.97. The number of hydrogen-bond donors (Lipinski definition) is 0. The van der Waals surface area contributed by atoms with Crippen LogP contribution in [0.3, 0.4) is 0 Å². The summed E-state index contributed by atoms with van der Waals surface area (Å²) in [5.41, 5.74) is -0.760. The monoisotopic (exact) mass is 281 g/mol. The van der Waals surface area contributed by atoms with Crippen molar-refractivity contribution < 1.29 is 14.3 Å². The lowest BCUT2D eigenvalue weighted by Crippen LogP contribution is -2.47. The van der Waals surface area contributed by atoms with Crippen molar-refractivity contribution >= 4 is 11.7 Å². The molecule has 0 N–H and O–H groups in total. The van der Waals surface area contributed by atoms with E-state index in [1.54, 1.807) is 18.7 Å². The van der Waals surface area contributed by atoms with Crippen molar-refractivity contribution in [1.82, 2.24) is 0 Å². The van der Waals surface area contributed by atoms with E-state index >= 15 is 0 Å². The Bertz CT molecular complexity index is 558. The molecule has 0 radical (unpaired) electrons. The Morgan fingerprint density at radius 1 is 1.25 bits per heavy atom. The van der Waals surface area contributed by atoms with Crippen LogP contribution in [0.5, 0.6) is 5.75 Å². The largest absolute Gasteiger partial charge is 0.488 e. The second-order valence-electron chi connectivity index (χ2n) is 4.81. The van der Waals surface area contributed by atoms with Crippen LogP contribution < -0.4 is 20.5 Å². The molecule has 1 aliphatic rings. The SMILES string of the molecule is CCOC(=O)C1CCCN(c2c(OCC)c(=O)c2=O)C1. The van der Waals surface area contributed by atoms with Gasteiger partial charge in [0.05, 0.1) is 19.1 Å². The summed E-state index contributed by atoms with van der Waals surface area (Å²) in [7, 11) is 0. The van der Waals surface area contributed by atoms with E-state index in [1.165, 1.54) is 0 Å². The van der Waals surface area contributed by atoms with Crippen molar-refractivity contribution in [1.29, 1.82) is 0 Å². The van der Waals surface area contributed by atoms with Crippen LogP contribution in [0.25, 0.3) is 0 Å². The molecular formula is C14H19NO5. The minimum Gasteiger partial charge on any atom is -0.488 e. The number of carbonyl (C=O) groups is 1. The fraction of sp³-hybridized carbons (Fsp3) is 0.643. The minimum absolute atomic E-state index is 0.141. The lowest BCUT2D eigenvalue weighted by Gasteiger charge is -2.34. The van der Waals surface area contributed by atoms with Gasteiger partial charge >= 0.3 is 5.97 Å². The van der Waals surface area contributed by atoms with Gasteiger partial charge in [0, 0.05) is 13.1 Å². The molecule has 1 aromatic carbocycles. The van der Waals surface area contributed by atoms with Crippen LogP contribution in [-0.2, 0) is 9.53 Å². The summed E-state index contributed by atoms with van der Waals surface area (Å²) < 4.78 is 10.2. The Kier molecular flexibility index (Phi) is 4.42. The molecule has 0 spiro atoms. The number of rotatable bonds is 5. The molecule has 6 nitrogen and oxygen atoms in total. The van der Waals surface area contributed by atoms with Gasteiger partial charge in [-0.3, -0.25) is 14.4 Å². The summed E-state index contributed by atoms with van der Waals surface area (Å²) in [6, 6.07) is 0. The Morgan fingerprint density at radius 3 is 2.65 bits per heavy atom. The first-order valence-electron chi connectivity index (χ1n) is 6.97. The third-order valence-electron chi connectivity index (χ3n) is 3.49. The first kappa shape index (κ1) is 14.6. The molecule has 0 amide bonds. The highest BCUT2D eigenvalue weighted by Crippen LogP contribution is 2.28. The zero-order valence-corrected chi connectivity index (χ0v) is 11.8. The number of hydrogen-bond acceptors (Lipinski definition) is 6. The summed E-state index contributed by atoms with van der Waals surface area (Å²) >= 11 is 0. The predicted molar refractivity (Wildman–Crippen MR) is 74.1 cm³/mol. The average molecular weight is 281 g/mol. The summed E-state index contributed by atoms with van der Waals surface area (Å²) in [4.78, 5) is 36.7. The Labute approximate surface area is 117 Å². The van der Waals surface area contributed by atoms with E-state index in [-0.39, 0.29) is 17.6 Å². The molecule has 6 heteroatoms. The van der Waals surface area contributed by atoms with Gasteiger partial charge in [-0.05, 0) is 26.7 Å². The number of anilines is 1. The number of carbonyl (C=O) groups excluding carboxylic acids is 1. The van der Waals surface area contributed by atoms with Crippen molar-refractivity contribution in [2.45, 2.75) is 26.7 Å². The van der Waals surface area contributed by atoms with E-state index in [4.69, 9.17) is 9.47 Å². The van der Waals surface area contributed by atoms with Gasteiger partial charge in [-0.1, -0.05) is 0 Å². The third kappa shape index (κ3) is 2.55. The Hall–Kier alpha value is -1.85. The van der Waals surface area contributed by atoms with Gasteiger partial charge in [-0.15, -0.1) is 0 Å². The summed E-state index contributed by atoms with van der Waals surface area (Å²) in [5, 5.41) is 0. The predicted octanol–water partition coefficient (Wildman–Crippen LogP) is 0.461. The van der Waals surface area contributed by atoms with Crippen LogP contribution in [0.2, 0.25) is 0 Å². The number of nitrogens with zero attached hydrogens (tertiary/aromatic N) is 1. The Balaban J connectivity index is 2.13. The maximum absolute atomic E-state index is 11.8. The van der Waals surface area contributed by atoms with Crippen LogP contribution >= 0.6 is 0 Å². The summed E-state index contributed by atoms with van der Waals surface area (Å²) in [5.74, 6) is -0.349.